The highest BCUT2D eigenvalue weighted by Gasteiger charge is 2.24. The van der Waals surface area contributed by atoms with Gasteiger partial charge in [-0.25, -0.2) is 0 Å². The monoisotopic (exact) mass is 337 g/mol. The smallest absolute Gasteiger partial charge is 0.0380 e. The van der Waals surface area contributed by atoms with E-state index in [9.17, 15) is 0 Å². The molecule has 0 aliphatic carbocycles. The van der Waals surface area contributed by atoms with Gasteiger partial charge in [0, 0.05) is 25.8 Å². The zero-order chi connectivity index (χ0) is 16.3. The highest BCUT2D eigenvalue weighted by molar-refractivity contribution is 8.25. The van der Waals surface area contributed by atoms with Crippen molar-refractivity contribution in [2.24, 2.45) is 0 Å². The molecule has 0 heterocycles. The molecule has 0 radical (unpaired) electrons. The molecule has 3 aromatic rings. The van der Waals surface area contributed by atoms with Crippen LogP contribution in [-0.4, -0.2) is 14.1 Å². The number of benzene rings is 3. The van der Waals surface area contributed by atoms with E-state index in [1.807, 2.05) is 12.1 Å². The average molecular weight is 337 g/mol. The van der Waals surface area contributed by atoms with Crippen molar-refractivity contribution in [3.05, 3.63) is 84.9 Å². The molecule has 0 N–H and O–H groups in total. The zero-order valence-electron chi connectivity index (χ0n) is 13.4. The van der Waals surface area contributed by atoms with E-state index in [1.54, 1.807) is 0 Å². The Hall–Kier alpha value is -1.89. The Morgan fingerprint density at radius 3 is 1.61 bits per heavy atom. The van der Waals surface area contributed by atoms with E-state index >= 15 is 0 Å². The lowest BCUT2D eigenvalue weighted by molar-refractivity contribution is 1.13. The SMILES string of the molecule is CN(C)c1cccc(P(=S)(c2ccccc2)c2ccccc2)c1. The van der Waals surface area contributed by atoms with Gasteiger partial charge in [0.05, 0.1) is 0 Å². The van der Waals surface area contributed by atoms with Crippen molar-refractivity contribution in [1.29, 1.82) is 0 Å². The average Bonchev–Trinajstić information content (AvgIpc) is 2.62. The van der Waals surface area contributed by atoms with Crippen molar-refractivity contribution in [1.82, 2.24) is 0 Å². The Labute approximate surface area is 143 Å². The summed E-state index contributed by atoms with van der Waals surface area (Å²) >= 11 is 6.34. The van der Waals surface area contributed by atoms with Gasteiger partial charge in [-0.15, -0.1) is 0 Å². The second kappa shape index (κ2) is 6.70. The molecule has 0 saturated carbocycles. The molecule has 0 saturated heterocycles. The second-order valence-corrected chi connectivity index (χ2v) is 10.1. The van der Waals surface area contributed by atoms with E-state index in [2.05, 4.69) is 91.8 Å². The van der Waals surface area contributed by atoms with Gasteiger partial charge in [-0.05, 0) is 28.0 Å². The summed E-state index contributed by atoms with van der Waals surface area (Å²) in [6, 6.07) is 27.7. The topological polar surface area (TPSA) is 3.24 Å². The van der Waals surface area contributed by atoms with Crippen molar-refractivity contribution >= 4 is 39.4 Å². The van der Waals surface area contributed by atoms with E-state index in [0.29, 0.717) is 0 Å². The normalized spacial score (nSPS) is 11.2. The second-order valence-electron chi connectivity index (χ2n) is 5.69. The third kappa shape index (κ3) is 3.10. The van der Waals surface area contributed by atoms with Crippen molar-refractivity contribution < 1.29 is 0 Å². The molecule has 0 bridgehead atoms. The summed E-state index contributed by atoms with van der Waals surface area (Å²) in [4.78, 5) is 2.12. The van der Waals surface area contributed by atoms with Gasteiger partial charge in [0.1, 0.15) is 0 Å². The lowest BCUT2D eigenvalue weighted by atomic mass is 10.3. The van der Waals surface area contributed by atoms with Gasteiger partial charge < -0.3 is 4.90 Å². The van der Waals surface area contributed by atoms with Crippen LogP contribution in [0.4, 0.5) is 5.69 Å². The number of hydrogen-bond donors (Lipinski definition) is 0. The highest BCUT2D eigenvalue weighted by Crippen LogP contribution is 2.43. The van der Waals surface area contributed by atoms with E-state index in [0.717, 1.165) is 0 Å². The molecule has 0 fully saturated rings. The molecule has 3 heteroatoms. The molecule has 0 atom stereocenters. The first-order valence-electron chi connectivity index (χ1n) is 7.61. The number of rotatable bonds is 4. The third-order valence-corrected chi connectivity index (χ3v) is 8.90. The molecule has 3 rings (SSSR count). The summed E-state index contributed by atoms with van der Waals surface area (Å²) in [6.07, 6.45) is 0. The minimum Gasteiger partial charge on any atom is -0.378 e. The van der Waals surface area contributed by atoms with Gasteiger partial charge in [0.2, 0.25) is 0 Å². The van der Waals surface area contributed by atoms with Crippen LogP contribution in [0.25, 0.3) is 0 Å². The van der Waals surface area contributed by atoms with Gasteiger partial charge >= 0.3 is 0 Å². The van der Waals surface area contributed by atoms with Crippen LogP contribution in [0.2, 0.25) is 0 Å². The summed E-state index contributed by atoms with van der Waals surface area (Å²) in [5, 5.41) is 3.70. The first-order chi connectivity index (χ1) is 11.1. The lowest BCUT2D eigenvalue weighted by Gasteiger charge is -2.25. The maximum Gasteiger partial charge on any atom is 0.0380 e. The van der Waals surface area contributed by atoms with Crippen LogP contribution in [0.1, 0.15) is 0 Å². The molecular formula is C20H20NPS. The summed E-state index contributed by atoms with van der Waals surface area (Å²) in [6.45, 7) is 0. The summed E-state index contributed by atoms with van der Waals surface area (Å²) < 4.78 is 0. The fraction of sp³-hybridized carbons (Fsp3) is 0.100. The molecule has 0 aromatic heterocycles. The first kappa shape index (κ1) is 16.0. The van der Waals surface area contributed by atoms with Crippen molar-refractivity contribution in [3.8, 4) is 0 Å². The molecule has 116 valence electrons. The number of anilines is 1. The Bertz CT molecular complexity index is 785. The van der Waals surface area contributed by atoms with E-state index in [-0.39, 0.29) is 0 Å². The minimum absolute atomic E-state index is 1.18. The van der Waals surface area contributed by atoms with Gasteiger partial charge in [-0.2, -0.15) is 0 Å². The van der Waals surface area contributed by atoms with Gasteiger partial charge in [0.25, 0.3) is 0 Å². The Kier molecular flexibility index (Phi) is 4.66. The van der Waals surface area contributed by atoms with Crippen LogP contribution in [0.5, 0.6) is 0 Å². The summed E-state index contributed by atoms with van der Waals surface area (Å²) in [5.41, 5.74) is 1.18. The van der Waals surface area contributed by atoms with Crippen LogP contribution in [0, 0.1) is 0 Å². The zero-order valence-corrected chi connectivity index (χ0v) is 15.1. The minimum atomic E-state index is -2.04. The highest BCUT2D eigenvalue weighted by atomic mass is 32.4. The Balaban J connectivity index is 2.26. The maximum absolute atomic E-state index is 6.34. The fourth-order valence-electron chi connectivity index (χ4n) is 2.69. The molecule has 1 nitrogen and oxygen atoms in total. The van der Waals surface area contributed by atoms with Gasteiger partial charge in [0.15, 0.2) is 0 Å². The van der Waals surface area contributed by atoms with Crippen LogP contribution < -0.4 is 20.8 Å². The summed E-state index contributed by atoms with van der Waals surface area (Å²) in [5.74, 6) is 0. The molecule has 3 aromatic carbocycles. The molecule has 0 spiro atoms. The molecule has 0 aliphatic heterocycles. The van der Waals surface area contributed by atoms with Crippen LogP contribution >= 0.6 is 6.04 Å². The predicted octanol–water partition coefficient (Wildman–Crippen LogP) is 3.51. The van der Waals surface area contributed by atoms with Gasteiger partial charge in [-0.1, -0.05) is 84.6 Å². The largest absolute Gasteiger partial charge is 0.378 e. The van der Waals surface area contributed by atoms with Crippen LogP contribution in [-0.2, 0) is 11.8 Å². The standard InChI is InChI=1S/C20H20NPS/c1-21(2)17-10-9-15-20(16-17)22(23,18-11-5-3-6-12-18)19-13-7-4-8-14-19/h3-16H,1-2H3. The van der Waals surface area contributed by atoms with E-state index in [1.165, 1.54) is 21.6 Å². The van der Waals surface area contributed by atoms with E-state index in [4.69, 9.17) is 11.8 Å². The fourth-order valence-corrected chi connectivity index (χ4v) is 6.45. The molecular weight excluding hydrogens is 317 g/mol. The Morgan fingerprint density at radius 1 is 0.652 bits per heavy atom. The van der Waals surface area contributed by atoms with Crippen molar-refractivity contribution in [2.75, 3.05) is 19.0 Å². The summed E-state index contributed by atoms with van der Waals surface area (Å²) in [7, 11) is 4.13. The van der Waals surface area contributed by atoms with Crippen LogP contribution in [0.15, 0.2) is 84.9 Å². The predicted molar refractivity (Wildman–Crippen MR) is 107 cm³/mol. The van der Waals surface area contributed by atoms with Crippen LogP contribution in [0.3, 0.4) is 0 Å². The Morgan fingerprint density at radius 2 is 1.13 bits per heavy atom. The number of nitrogens with zero attached hydrogens (tertiary/aromatic N) is 1. The quantitative estimate of drug-likeness (QED) is 0.670. The molecule has 0 unspecified atom stereocenters. The molecule has 23 heavy (non-hydrogen) atoms. The lowest BCUT2D eigenvalue weighted by Crippen LogP contribution is -2.25. The first-order valence-corrected chi connectivity index (χ1v) is 10.4. The van der Waals surface area contributed by atoms with Gasteiger partial charge in [-0.3, -0.25) is 0 Å². The number of hydrogen-bond acceptors (Lipinski definition) is 2. The molecule has 0 aliphatic rings. The van der Waals surface area contributed by atoms with E-state index < -0.39 is 6.04 Å². The molecule has 0 amide bonds. The van der Waals surface area contributed by atoms with Crippen molar-refractivity contribution in [3.63, 3.8) is 0 Å². The van der Waals surface area contributed by atoms with Crippen molar-refractivity contribution in [2.45, 2.75) is 0 Å². The maximum atomic E-state index is 6.34. The third-order valence-electron chi connectivity index (χ3n) is 3.95.